The maximum absolute atomic E-state index is 3.25. The Morgan fingerprint density at radius 1 is 1.17 bits per heavy atom. The van der Waals surface area contributed by atoms with Crippen molar-refractivity contribution in [2.75, 3.05) is 20.6 Å². The molecule has 12 heavy (non-hydrogen) atoms. The molecule has 0 fully saturated rings. The maximum atomic E-state index is 3.25. The summed E-state index contributed by atoms with van der Waals surface area (Å²) in [6.07, 6.45) is 0. The highest BCUT2D eigenvalue weighted by atomic mass is 15.1. The fraction of sp³-hybridized carbons (Fsp3) is 1.00. The van der Waals surface area contributed by atoms with Crippen LogP contribution in [0.15, 0.2) is 0 Å². The van der Waals surface area contributed by atoms with Crippen LogP contribution in [0.25, 0.3) is 0 Å². The first kappa shape index (κ1) is 11.9. The van der Waals surface area contributed by atoms with Crippen LogP contribution in [0.1, 0.15) is 27.7 Å². The third kappa shape index (κ3) is 4.07. The van der Waals surface area contributed by atoms with Gasteiger partial charge in [0.1, 0.15) is 0 Å². The first-order chi connectivity index (χ1) is 5.49. The molecule has 2 atom stereocenters. The van der Waals surface area contributed by atoms with E-state index in [9.17, 15) is 0 Å². The van der Waals surface area contributed by atoms with Crippen LogP contribution in [-0.4, -0.2) is 37.6 Å². The minimum absolute atomic E-state index is 0.580. The summed E-state index contributed by atoms with van der Waals surface area (Å²) in [7, 11) is 4.21. The number of hydrogen-bond donors (Lipinski definition) is 1. The summed E-state index contributed by atoms with van der Waals surface area (Å²) in [5.74, 6) is 0.735. The molecule has 0 aliphatic heterocycles. The molecule has 0 aromatic carbocycles. The van der Waals surface area contributed by atoms with Gasteiger partial charge in [0.05, 0.1) is 0 Å². The van der Waals surface area contributed by atoms with Gasteiger partial charge >= 0.3 is 0 Å². The van der Waals surface area contributed by atoms with Crippen molar-refractivity contribution in [1.29, 1.82) is 0 Å². The molecule has 0 saturated heterocycles. The number of rotatable bonds is 5. The van der Waals surface area contributed by atoms with Crippen molar-refractivity contribution in [2.24, 2.45) is 5.92 Å². The van der Waals surface area contributed by atoms with Gasteiger partial charge in [0.25, 0.3) is 0 Å². The lowest BCUT2D eigenvalue weighted by Gasteiger charge is -2.30. The third-order valence-corrected chi connectivity index (χ3v) is 2.71. The zero-order valence-corrected chi connectivity index (χ0v) is 9.39. The molecule has 2 nitrogen and oxygen atoms in total. The number of likely N-dealkylation sites (N-methyl/N-ethyl adjacent to an activating group) is 2. The first-order valence-corrected chi connectivity index (χ1v) is 4.86. The van der Waals surface area contributed by atoms with Gasteiger partial charge in [0.2, 0.25) is 0 Å². The van der Waals surface area contributed by atoms with E-state index in [1.54, 1.807) is 0 Å². The summed E-state index contributed by atoms with van der Waals surface area (Å²) in [4.78, 5) is 2.41. The van der Waals surface area contributed by atoms with Crippen molar-refractivity contribution in [3.05, 3.63) is 0 Å². The standard InChI is InChI=1S/C10H24N2/c1-8(2)10(4)12(6)7-9(3)11-5/h8-11H,7H2,1-6H3. The van der Waals surface area contributed by atoms with Crippen molar-refractivity contribution in [3.8, 4) is 0 Å². The monoisotopic (exact) mass is 172 g/mol. The minimum atomic E-state index is 0.580. The van der Waals surface area contributed by atoms with Crippen LogP contribution in [0.2, 0.25) is 0 Å². The lowest BCUT2D eigenvalue weighted by atomic mass is 10.0. The Hall–Kier alpha value is -0.0800. The van der Waals surface area contributed by atoms with Gasteiger partial charge in [-0.15, -0.1) is 0 Å². The van der Waals surface area contributed by atoms with E-state index in [4.69, 9.17) is 0 Å². The van der Waals surface area contributed by atoms with Crippen LogP contribution in [0.3, 0.4) is 0 Å². The molecule has 0 radical (unpaired) electrons. The van der Waals surface area contributed by atoms with Gasteiger partial charge in [0.15, 0.2) is 0 Å². The van der Waals surface area contributed by atoms with Crippen molar-refractivity contribution >= 4 is 0 Å². The van der Waals surface area contributed by atoms with Crippen LogP contribution in [0.5, 0.6) is 0 Å². The van der Waals surface area contributed by atoms with Gasteiger partial charge in [-0.05, 0) is 33.9 Å². The quantitative estimate of drug-likeness (QED) is 0.677. The second kappa shape index (κ2) is 5.55. The average Bonchev–Trinajstić information content (AvgIpc) is 2.02. The molecule has 0 heterocycles. The Kier molecular flexibility index (Phi) is 5.51. The molecule has 0 saturated carbocycles. The Morgan fingerprint density at radius 3 is 2.00 bits per heavy atom. The van der Waals surface area contributed by atoms with Gasteiger partial charge in [-0.1, -0.05) is 13.8 Å². The summed E-state index contributed by atoms with van der Waals surface area (Å²) in [6, 6.07) is 1.25. The highest BCUT2D eigenvalue weighted by Crippen LogP contribution is 2.07. The van der Waals surface area contributed by atoms with Gasteiger partial charge in [-0.25, -0.2) is 0 Å². The lowest BCUT2D eigenvalue weighted by molar-refractivity contribution is 0.193. The van der Waals surface area contributed by atoms with Crippen LogP contribution in [0, 0.1) is 5.92 Å². The molecule has 1 N–H and O–H groups in total. The largest absolute Gasteiger partial charge is 0.316 e. The Morgan fingerprint density at radius 2 is 1.67 bits per heavy atom. The van der Waals surface area contributed by atoms with E-state index in [0.717, 1.165) is 12.5 Å². The fourth-order valence-corrected chi connectivity index (χ4v) is 1.20. The number of nitrogens with zero attached hydrogens (tertiary/aromatic N) is 1. The second-order valence-electron chi connectivity index (χ2n) is 4.11. The van der Waals surface area contributed by atoms with Crippen LogP contribution < -0.4 is 5.32 Å². The Bertz CT molecular complexity index is 112. The molecule has 74 valence electrons. The number of nitrogens with one attached hydrogen (secondary N) is 1. The van der Waals surface area contributed by atoms with Gasteiger partial charge in [0, 0.05) is 18.6 Å². The molecule has 0 aromatic rings. The van der Waals surface area contributed by atoms with Crippen LogP contribution >= 0.6 is 0 Å². The molecule has 2 unspecified atom stereocenters. The second-order valence-corrected chi connectivity index (χ2v) is 4.11. The van der Waals surface area contributed by atoms with Crippen molar-refractivity contribution in [1.82, 2.24) is 10.2 Å². The van der Waals surface area contributed by atoms with Gasteiger partial charge in [-0.2, -0.15) is 0 Å². The van der Waals surface area contributed by atoms with E-state index < -0.39 is 0 Å². The molecular formula is C10H24N2. The van der Waals surface area contributed by atoms with E-state index in [0.29, 0.717) is 12.1 Å². The molecule has 0 rings (SSSR count). The fourth-order valence-electron chi connectivity index (χ4n) is 1.20. The molecule has 0 amide bonds. The van der Waals surface area contributed by atoms with E-state index in [2.05, 4.69) is 45.0 Å². The molecule has 0 spiro atoms. The molecule has 2 heteroatoms. The SMILES string of the molecule is CNC(C)CN(C)C(C)C(C)C. The van der Waals surface area contributed by atoms with E-state index in [-0.39, 0.29) is 0 Å². The minimum Gasteiger partial charge on any atom is -0.316 e. The smallest absolute Gasteiger partial charge is 0.0163 e. The van der Waals surface area contributed by atoms with E-state index in [1.165, 1.54) is 0 Å². The molecule has 0 aliphatic rings. The molecule has 0 bridgehead atoms. The van der Waals surface area contributed by atoms with Crippen molar-refractivity contribution in [3.63, 3.8) is 0 Å². The van der Waals surface area contributed by atoms with Crippen LogP contribution in [-0.2, 0) is 0 Å². The van der Waals surface area contributed by atoms with Gasteiger partial charge in [-0.3, -0.25) is 0 Å². The van der Waals surface area contributed by atoms with Crippen molar-refractivity contribution < 1.29 is 0 Å². The summed E-state index contributed by atoms with van der Waals surface area (Å²) in [5, 5.41) is 3.25. The summed E-state index contributed by atoms with van der Waals surface area (Å²) in [5.41, 5.74) is 0. The van der Waals surface area contributed by atoms with Crippen LogP contribution in [0.4, 0.5) is 0 Å². The van der Waals surface area contributed by atoms with E-state index >= 15 is 0 Å². The summed E-state index contributed by atoms with van der Waals surface area (Å²) < 4.78 is 0. The highest BCUT2D eigenvalue weighted by Gasteiger charge is 2.14. The number of hydrogen-bond acceptors (Lipinski definition) is 2. The zero-order chi connectivity index (χ0) is 9.72. The molecule has 0 aromatic heterocycles. The van der Waals surface area contributed by atoms with Crippen molar-refractivity contribution in [2.45, 2.75) is 39.8 Å². The highest BCUT2D eigenvalue weighted by molar-refractivity contribution is 4.70. The molecule has 0 aliphatic carbocycles. The third-order valence-electron chi connectivity index (χ3n) is 2.71. The predicted molar refractivity (Wildman–Crippen MR) is 55.5 cm³/mol. The summed E-state index contributed by atoms with van der Waals surface area (Å²) >= 11 is 0. The average molecular weight is 172 g/mol. The maximum Gasteiger partial charge on any atom is 0.0163 e. The Labute approximate surface area is 77.3 Å². The lowest BCUT2D eigenvalue weighted by Crippen LogP contribution is -2.41. The zero-order valence-electron chi connectivity index (χ0n) is 9.39. The topological polar surface area (TPSA) is 15.3 Å². The normalized spacial score (nSPS) is 17.0. The van der Waals surface area contributed by atoms with E-state index in [1.807, 2.05) is 7.05 Å². The van der Waals surface area contributed by atoms with Gasteiger partial charge < -0.3 is 10.2 Å². The summed E-state index contributed by atoms with van der Waals surface area (Å²) in [6.45, 7) is 10.2. The molecular weight excluding hydrogens is 148 g/mol. The predicted octanol–water partition coefficient (Wildman–Crippen LogP) is 1.57. The Balaban J connectivity index is 3.78. The first-order valence-electron chi connectivity index (χ1n) is 4.86.